The number of benzene rings is 2. The molecule has 0 saturated carbocycles. The van der Waals surface area contributed by atoms with E-state index in [1.807, 2.05) is 32.9 Å². The number of rotatable bonds is 3. The average molecular weight is 229 g/mol. The Labute approximate surface area is 102 Å². The largest absolute Gasteiger partial charge is 0.490 e. The second kappa shape index (κ2) is 4.76. The molecule has 0 aliphatic rings. The van der Waals surface area contributed by atoms with Gasteiger partial charge in [0.05, 0.1) is 6.10 Å². The zero-order valence-electron chi connectivity index (χ0n) is 10.6. The first-order valence-electron chi connectivity index (χ1n) is 6.03. The highest BCUT2D eigenvalue weighted by Crippen LogP contribution is 2.33. The van der Waals surface area contributed by atoms with Crippen molar-refractivity contribution in [3.63, 3.8) is 0 Å². The molecular formula is C15H19NO. The Hall–Kier alpha value is -1.54. The lowest BCUT2D eigenvalue weighted by Crippen LogP contribution is -2.12. The van der Waals surface area contributed by atoms with Gasteiger partial charge in [0.25, 0.3) is 0 Å². The Morgan fingerprint density at radius 3 is 2.35 bits per heavy atom. The molecule has 2 rings (SSSR count). The minimum atomic E-state index is -0.0200. The molecule has 2 aromatic carbocycles. The predicted octanol–water partition coefficient (Wildman–Crippen LogP) is 3.65. The van der Waals surface area contributed by atoms with E-state index >= 15 is 0 Å². The molecule has 2 heteroatoms. The summed E-state index contributed by atoms with van der Waals surface area (Å²) >= 11 is 0. The fourth-order valence-corrected chi connectivity index (χ4v) is 1.99. The van der Waals surface area contributed by atoms with Crippen molar-refractivity contribution in [2.75, 3.05) is 0 Å². The molecule has 0 unspecified atom stereocenters. The van der Waals surface area contributed by atoms with Gasteiger partial charge in [-0.1, -0.05) is 36.4 Å². The highest BCUT2D eigenvalue weighted by Gasteiger charge is 2.13. The van der Waals surface area contributed by atoms with E-state index in [0.29, 0.717) is 0 Å². The Bertz CT molecular complexity index is 517. The molecule has 0 aliphatic carbocycles. The van der Waals surface area contributed by atoms with Gasteiger partial charge in [-0.05, 0) is 26.2 Å². The van der Waals surface area contributed by atoms with Crippen molar-refractivity contribution in [1.29, 1.82) is 0 Å². The van der Waals surface area contributed by atoms with E-state index in [1.54, 1.807) is 0 Å². The molecule has 0 fully saturated rings. The first kappa shape index (κ1) is 11.9. The fraction of sp³-hybridized carbons (Fsp3) is 0.333. The summed E-state index contributed by atoms with van der Waals surface area (Å²) in [4.78, 5) is 0. The number of ether oxygens (including phenoxy) is 1. The van der Waals surface area contributed by atoms with Crippen molar-refractivity contribution < 1.29 is 4.74 Å². The van der Waals surface area contributed by atoms with Crippen LogP contribution in [0.5, 0.6) is 5.75 Å². The Morgan fingerprint density at radius 1 is 1.00 bits per heavy atom. The average Bonchev–Trinajstić information content (AvgIpc) is 2.28. The number of fused-ring (bicyclic) bond motifs is 1. The van der Waals surface area contributed by atoms with Gasteiger partial charge >= 0.3 is 0 Å². The molecule has 0 heterocycles. The third-order valence-corrected chi connectivity index (χ3v) is 2.75. The molecule has 2 N–H and O–H groups in total. The van der Waals surface area contributed by atoms with Crippen molar-refractivity contribution in [2.45, 2.75) is 32.9 Å². The molecule has 90 valence electrons. The number of hydrogen-bond acceptors (Lipinski definition) is 2. The molecule has 2 nitrogen and oxygen atoms in total. The van der Waals surface area contributed by atoms with Gasteiger partial charge in [0, 0.05) is 17.0 Å². The number of hydrogen-bond donors (Lipinski definition) is 1. The van der Waals surface area contributed by atoms with Gasteiger partial charge < -0.3 is 10.5 Å². The van der Waals surface area contributed by atoms with Gasteiger partial charge in [0.2, 0.25) is 0 Å². The maximum atomic E-state index is 6.00. The maximum Gasteiger partial charge on any atom is 0.132 e. The van der Waals surface area contributed by atoms with E-state index in [1.165, 1.54) is 5.39 Å². The minimum absolute atomic E-state index is 0.0200. The Kier molecular flexibility index (Phi) is 3.34. The van der Waals surface area contributed by atoms with Gasteiger partial charge in [0.15, 0.2) is 0 Å². The molecule has 0 bridgehead atoms. The molecule has 0 aliphatic heterocycles. The van der Waals surface area contributed by atoms with Crippen LogP contribution in [-0.2, 0) is 0 Å². The number of nitrogens with two attached hydrogens (primary N) is 1. The normalized spacial score (nSPS) is 13.0. The quantitative estimate of drug-likeness (QED) is 0.872. The minimum Gasteiger partial charge on any atom is -0.490 e. The van der Waals surface area contributed by atoms with Crippen LogP contribution < -0.4 is 10.5 Å². The van der Waals surface area contributed by atoms with Crippen LogP contribution in [0.15, 0.2) is 36.4 Å². The predicted molar refractivity (Wildman–Crippen MR) is 72.3 cm³/mol. The standard InChI is InChI=1S/C15H19NO/c1-10(2)17-15-13(11(3)16)9-8-12-6-4-5-7-14(12)15/h4-11H,16H2,1-3H3/t11-/m0/s1. The summed E-state index contributed by atoms with van der Waals surface area (Å²) in [5.41, 5.74) is 7.07. The second-order valence-electron chi connectivity index (χ2n) is 4.66. The van der Waals surface area contributed by atoms with Gasteiger partial charge in [-0.3, -0.25) is 0 Å². The van der Waals surface area contributed by atoms with Crippen molar-refractivity contribution in [1.82, 2.24) is 0 Å². The second-order valence-corrected chi connectivity index (χ2v) is 4.66. The summed E-state index contributed by atoms with van der Waals surface area (Å²) in [6.45, 7) is 6.05. The Balaban J connectivity index is 2.66. The van der Waals surface area contributed by atoms with E-state index in [0.717, 1.165) is 16.7 Å². The highest BCUT2D eigenvalue weighted by molar-refractivity contribution is 5.89. The summed E-state index contributed by atoms with van der Waals surface area (Å²) in [5.74, 6) is 0.924. The van der Waals surface area contributed by atoms with Crippen LogP contribution in [-0.4, -0.2) is 6.10 Å². The van der Waals surface area contributed by atoms with Gasteiger partial charge in [-0.15, -0.1) is 0 Å². The third kappa shape index (κ3) is 2.42. The molecular weight excluding hydrogens is 210 g/mol. The van der Waals surface area contributed by atoms with Crippen molar-refractivity contribution in [3.8, 4) is 5.75 Å². The van der Waals surface area contributed by atoms with Crippen LogP contribution in [0.4, 0.5) is 0 Å². The molecule has 0 aromatic heterocycles. The van der Waals surface area contributed by atoms with Crippen LogP contribution >= 0.6 is 0 Å². The van der Waals surface area contributed by atoms with E-state index in [9.17, 15) is 0 Å². The monoisotopic (exact) mass is 229 g/mol. The first-order chi connectivity index (χ1) is 8.09. The van der Waals surface area contributed by atoms with Crippen molar-refractivity contribution in [2.24, 2.45) is 5.73 Å². The van der Waals surface area contributed by atoms with Crippen molar-refractivity contribution >= 4 is 10.8 Å². The van der Waals surface area contributed by atoms with Gasteiger partial charge in [0.1, 0.15) is 5.75 Å². The highest BCUT2D eigenvalue weighted by atomic mass is 16.5. The Morgan fingerprint density at radius 2 is 1.71 bits per heavy atom. The third-order valence-electron chi connectivity index (χ3n) is 2.75. The van der Waals surface area contributed by atoms with Crippen LogP contribution in [0.2, 0.25) is 0 Å². The topological polar surface area (TPSA) is 35.2 Å². The van der Waals surface area contributed by atoms with Gasteiger partial charge in [-0.2, -0.15) is 0 Å². The molecule has 0 radical (unpaired) electrons. The lowest BCUT2D eigenvalue weighted by molar-refractivity contribution is 0.242. The molecule has 17 heavy (non-hydrogen) atoms. The first-order valence-corrected chi connectivity index (χ1v) is 6.03. The van der Waals surface area contributed by atoms with E-state index in [-0.39, 0.29) is 12.1 Å². The summed E-state index contributed by atoms with van der Waals surface area (Å²) in [7, 11) is 0. The summed E-state index contributed by atoms with van der Waals surface area (Å²) in [6.07, 6.45) is 0.151. The molecule has 0 amide bonds. The van der Waals surface area contributed by atoms with Gasteiger partial charge in [-0.25, -0.2) is 0 Å². The van der Waals surface area contributed by atoms with Crippen LogP contribution in [0.3, 0.4) is 0 Å². The van der Waals surface area contributed by atoms with Crippen molar-refractivity contribution in [3.05, 3.63) is 42.0 Å². The summed E-state index contributed by atoms with van der Waals surface area (Å²) in [5, 5.41) is 2.32. The fourth-order valence-electron chi connectivity index (χ4n) is 1.99. The lowest BCUT2D eigenvalue weighted by atomic mass is 10.0. The lowest BCUT2D eigenvalue weighted by Gasteiger charge is -2.18. The molecule has 0 saturated heterocycles. The van der Waals surface area contributed by atoms with Crippen LogP contribution in [0.25, 0.3) is 10.8 Å². The summed E-state index contributed by atoms with van der Waals surface area (Å²) in [6, 6.07) is 12.4. The molecule has 0 spiro atoms. The van der Waals surface area contributed by atoms with Crippen LogP contribution in [0, 0.1) is 0 Å². The summed E-state index contributed by atoms with van der Waals surface area (Å²) < 4.78 is 5.94. The van der Waals surface area contributed by atoms with E-state index < -0.39 is 0 Å². The van der Waals surface area contributed by atoms with Crippen LogP contribution in [0.1, 0.15) is 32.4 Å². The molecule has 2 aromatic rings. The SMILES string of the molecule is CC(C)Oc1c([C@H](C)N)ccc2ccccc12. The zero-order valence-corrected chi connectivity index (χ0v) is 10.6. The van der Waals surface area contributed by atoms with E-state index in [2.05, 4.69) is 24.3 Å². The smallest absolute Gasteiger partial charge is 0.132 e. The van der Waals surface area contributed by atoms with E-state index in [4.69, 9.17) is 10.5 Å². The zero-order chi connectivity index (χ0) is 12.4. The maximum absolute atomic E-state index is 6.00. The molecule has 1 atom stereocenters.